The fourth-order valence-electron chi connectivity index (χ4n) is 2.89. The second-order valence-electron chi connectivity index (χ2n) is 6.28. The molecule has 0 atom stereocenters. The normalized spacial score (nSPS) is 16.1. The molecule has 0 aliphatic carbocycles. The fourth-order valence-corrected chi connectivity index (χ4v) is 2.89. The van der Waals surface area contributed by atoms with E-state index in [-0.39, 0.29) is 11.8 Å². The summed E-state index contributed by atoms with van der Waals surface area (Å²) in [6.07, 6.45) is 2.22. The van der Waals surface area contributed by atoms with Gasteiger partial charge in [-0.2, -0.15) is 0 Å². The molecule has 0 spiro atoms. The predicted octanol–water partition coefficient (Wildman–Crippen LogP) is 2.43. The number of carbonyl (C=O) groups is 1. The molecule has 122 valence electrons. The highest BCUT2D eigenvalue weighted by atomic mass is 16.5. The van der Waals surface area contributed by atoms with Gasteiger partial charge in [0.1, 0.15) is 5.75 Å². The highest BCUT2D eigenvalue weighted by Crippen LogP contribution is 2.14. The maximum Gasteiger partial charge on any atom is 0.225 e. The van der Waals surface area contributed by atoms with Crippen LogP contribution in [-0.2, 0) is 11.2 Å². The minimum atomic E-state index is 0.111. The van der Waals surface area contributed by atoms with Gasteiger partial charge in [0.25, 0.3) is 0 Å². The summed E-state index contributed by atoms with van der Waals surface area (Å²) >= 11 is 0. The molecule has 0 radical (unpaired) electrons. The van der Waals surface area contributed by atoms with E-state index >= 15 is 0 Å². The summed E-state index contributed by atoms with van der Waals surface area (Å²) in [4.78, 5) is 16.4. The Morgan fingerprint density at radius 1 is 1.23 bits per heavy atom. The van der Waals surface area contributed by atoms with Crippen LogP contribution in [0.15, 0.2) is 24.3 Å². The van der Waals surface area contributed by atoms with Crippen molar-refractivity contribution in [3.8, 4) is 5.75 Å². The highest BCUT2D eigenvalue weighted by molar-refractivity contribution is 5.78. The molecule has 0 bridgehead atoms. The van der Waals surface area contributed by atoms with E-state index in [2.05, 4.69) is 17.0 Å². The molecule has 1 aliphatic heterocycles. The van der Waals surface area contributed by atoms with Crippen LogP contribution in [0.4, 0.5) is 0 Å². The summed E-state index contributed by atoms with van der Waals surface area (Å²) in [5, 5.41) is 0. The molecule has 1 aromatic rings. The van der Waals surface area contributed by atoms with Gasteiger partial charge in [0.05, 0.1) is 7.11 Å². The Morgan fingerprint density at radius 3 is 2.59 bits per heavy atom. The van der Waals surface area contributed by atoms with Gasteiger partial charge < -0.3 is 9.64 Å². The lowest BCUT2D eigenvalue weighted by Gasteiger charge is -2.35. The molecule has 1 aromatic carbocycles. The molecule has 2 rings (SSSR count). The molecule has 0 N–H and O–H groups in total. The van der Waals surface area contributed by atoms with Gasteiger partial charge in [-0.25, -0.2) is 0 Å². The first-order valence-electron chi connectivity index (χ1n) is 8.24. The summed E-state index contributed by atoms with van der Waals surface area (Å²) in [5.41, 5.74) is 1.33. The Morgan fingerprint density at radius 2 is 1.95 bits per heavy atom. The SMILES string of the molecule is COc1cccc(CCCN2CCN(C(=O)C(C)C)CC2)c1. The molecule has 1 fully saturated rings. The minimum Gasteiger partial charge on any atom is -0.497 e. The van der Waals surface area contributed by atoms with Gasteiger partial charge in [0.2, 0.25) is 5.91 Å². The van der Waals surface area contributed by atoms with E-state index in [0.717, 1.165) is 51.3 Å². The first-order chi connectivity index (χ1) is 10.6. The number of rotatable bonds is 6. The zero-order chi connectivity index (χ0) is 15.9. The van der Waals surface area contributed by atoms with Gasteiger partial charge >= 0.3 is 0 Å². The molecular formula is C18H28N2O2. The average molecular weight is 304 g/mol. The largest absolute Gasteiger partial charge is 0.497 e. The molecule has 4 heteroatoms. The molecule has 0 aromatic heterocycles. The standard InChI is InChI=1S/C18H28N2O2/c1-15(2)18(21)20-12-10-19(11-13-20)9-5-7-16-6-4-8-17(14-16)22-3/h4,6,8,14-15H,5,7,9-13H2,1-3H3. The van der Waals surface area contributed by atoms with Crippen molar-refractivity contribution in [1.29, 1.82) is 0 Å². The van der Waals surface area contributed by atoms with E-state index in [1.165, 1.54) is 5.56 Å². The number of nitrogens with zero attached hydrogens (tertiary/aromatic N) is 2. The van der Waals surface area contributed by atoms with E-state index in [9.17, 15) is 4.79 Å². The van der Waals surface area contributed by atoms with Crippen molar-refractivity contribution in [2.45, 2.75) is 26.7 Å². The van der Waals surface area contributed by atoms with Gasteiger partial charge in [-0.1, -0.05) is 26.0 Å². The van der Waals surface area contributed by atoms with Crippen LogP contribution in [0.2, 0.25) is 0 Å². The lowest BCUT2D eigenvalue weighted by molar-refractivity contribution is -0.136. The Bertz CT molecular complexity index is 480. The van der Waals surface area contributed by atoms with E-state index in [1.54, 1.807) is 7.11 Å². The number of carbonyl (C=O) groups excluding carboxylic acids is 1. The smallest absolute Gasteiger partial charge is 0.225 e. The fraction of sp³-hybridized carbons (Fsp3) is 0.611. The van der Waals surface area contributed by atoms with E-state index in [0.29, 0.717) is 0 Å². The van der Waals surface area contributed by atoms with Crippen molar-refractivity contribution in [2.24, 2.45) is 5.92 Å². The maximum atomic E-state index is 12.0. The number of methoxy groups -OCH3 is 1. The number of hydrogen-bond acceptors (Lipinski definition) is 3. The molecule has 1 saturated heterocycles. The summed E-state index contributed by atoms with van der Waals surface area (Å²) in [7, 11) is 1.71. The maximum absolute atomic E-state index is 12.0. The number of aryl methyl sites for hydroxylation is 1. The number of piperazine rings is 1. The molecule has 1 amide bonds. The molecule has 4 nitrogen and oxygen atoms in total. The molecule has 1 aliphatic rings. The molecule has 1 heterocycles. The minimum absolute atomic E-state index is 0.111. The van der Waals surface area contributed by atoms with Crippen LogP contribution in [0.25, 0.3) is 0 Å². The number of benzene rings is 1. The van der Waals surface area contributed by atoms with E-state index < -0.39 is 0 Å². The second-order valence-corrected chi connectivity index (χ2v) is 6.28. The van der Waals surface area contributed by atoms with Gasteiger partial charge in [-0.3, -0.25) is 9.69 Å². The lowest BCUT2D eigenvalue weighted by atomic mass is 10.1. The second kappa shape index (κ2) is 8.18. The molecule has 0 saturated carbocycles. The van der Waals surface area contributed by atoms with Crippen LogP contribution in [0.5, 0.6) is 5.75 Å². The quantitative estimate of drug-likeness (QED) is 0.809. The summed E-state index contributed by atoms with van der Waals surface area (Å²) < 4.78 is 5.26. The third kappa shape index (κ3) is 4.73. The topological polar surface area (TPSA) is 32.8 Å². The van der Waals surface area contributed by atoms with Crippen molar-refractivity contribution in [3.05, 3.63) is 29.8 Å². The average Bonchev–Trinajstić information content (AvgIpc) is 2.55. The molecule has 0 unspecified atom stereocenters. The van der Waals surface area contributed by atoms with Crippen molar-refractivity contribution < 1.29 is 9.53 Å². The van der Waals surface area contributed by atoms with Gasteiger partial charge in [0.15, 0.2) is 0 Å². The molecule has 22 heavy (non-hydrogen) atoms. The van der Waals surface area contributed by atoms with Crippen molar-refractivity contribution in [2.75, 3.05) is 39.8 Å². The Hall–Kier alpha value is -1.55. The van der Waals surface area contributed by atoms with Crippen molar-refractivity contribution in [3.63, 3.8) is 0 Å². The zero-order valence-corrected chi connectivity index (χ0v) is 14.0. The zero-order valence-electron chi connectivity index (χ0n) is 14.0. The number of hydrogen-bond donors (Lipinski definition) is 0. The summed E-state index contributed by atoms with van der Waals surface area (Å²) in [5.74, 6) is 1.33. The van der Waals surface area contributed by atoms with Crippen LogP contribution in [-0.4, -0.2) is 55.5 Å². The van der Waals surface area contributed by atoms with E-state index in [4.69, 9.17) is 4.74 Å². The lowest BCUT2D eigenvalue weighted by Crippen LogP contribution is -2.49. The first kappa shape index (κ1) is 16.8. The van der Waals surface area contributed by atoms with E-state index in [1.807, 2.05) is 30.9 Å². The van der Waals surface area contributed by atoms with Crippen LogP contribution in [0.1, 0.15) is 25.8 Å². The third-order valence-corrected chi connectivity index (χ3v) is 4.25. The van der Waals surface area contributed by atoms with Gasteiger partial charge in [-0.15, -0.1) is 0 Å². The van der Waals surface area contributed by atoms with Crippen LogP contribution in [0, 0.1) is 5.92 Å². The Kier molecular flexibility index (Phi) is 6.25. The Labute approximate surface area is 134 Å². The summed E-state index contributed by atoms with van der Waals surface area (Å²) in [6.45, 7) is 8.78. The third-order valence-electron chi connectivity index (χ3n) is 4.25. The number of ether oxygens (including phenoxy) is 1. The van der Waals surface area contributed by atoms with Crippen LogP contribution < -0.4 is 4.74 Å². The van der Waals surface area contributed by atoms with Crippen LogP contribution in [0.3, 0.4) is 0 Å². The highest BCUT2D eigenvalue weighted by Gasteiger charge is 2.22. The van der Waals surface area contributed by atoms with Crippen molar-refractivity contribution in [1.82, 2.24) is 9.80 Å². The van der Waals surface area contributed by atoms with Crippen LogP contribution >= 0.6 is 0 Å². The molecular weight excluding hydrogens is 276 g/mol. The van der Waals surface area contributed by atoms with Crippen molar-refractivity contribution >= 4 is 5.91 Å². The van der Waals surface area contributed by atoms with Gasteiger partial charge in [0, 0.05) is 32.1 Å². The first-order valence-corrected chi connectivity index (χ1v) is 8.24. The predicted molar refractivity (Wildman–Crippen MR) is 89.2 cm³/mol. The Balaban J connectivity index is 1.69. The summed E-state index contributed by atoms with van der Waals surface area (Å²) in [6, 6.07) is 8.29. The monoisotopic (exact) mass is 304 g/mol. The van der Waals surface area contributed by atoms with Gasteiger partial charge in [-0.05, 0) is 37.1 Å². The number of amides is 1.